The molecule has 0 bridgehead atoms. The van der Waals surface area contributed by atoms with E-state index in [1.165, 1.54) is 9.80 Å². The molecule has 43 heavy (non-hydrogen) atoms. The van der Waals surface area contributed by atoms with E-state index in [1.807, 2.05) is 30.3 Å². The van der Waals surface area contributed by atoms with Gasteiger partial charge in [-0.05, 0) is 69.7 Å². The zero-order chi connectivity index (χ0) is 30.3. The summed E-state index contributed by atoms with van der Waals surface area (Å²) in [6, 6.07) is 17.1. The maximum atomic E-state index is 13.5. The van der Waals surface area contributed by atoms with Crippen LogP contribution in [0.5, 0.6) is 11.5 Å². The van der Waals surface area contributed by atoms with E-state index in [0.29, 0.717) is 45.3 Å². The maximum Gasteiger partial charge on any atom is 0.410 e. The lowest BCUT2D eigenvalue weighted by Crippen LogP contribution is -2.57. The van der Waals surface area contributed by atoms with Gasteiger partial charge >= 0.3 is 12.1 Å². The number of thiophene rings is 1. The van der Waals surface area contributed by atoms with E-state index in [9.17, 15) is 19.5 Å². The molecule has 0 radical (unpaired) electrons. The van der Waals surface area contributed by atoms with Crippen LogP contribution in [-0.2, 0) is 4.74 Å². The summed E-state index contributed by atoms with van der Waals surface area (Å²) in [5, 5.41) is 17.0. The number of rotatable bonds is 5. The Morgan fingerprint density at radius 1 is 1.07 bits per heavy atom. The van der Waals surface area contributed by atoms with Crippen molar-refractivity contribution in [3.05, 3.63) is 71.7 Å². The van der Waals surface area contributed by atoms with Gasteiger partial charge in [0.15, 0.2) is 0 Å². The average molecular weight is 602 g/mol. The summed E-state index contributed by atoms with van der Waals surface area (Å²) >= 11 is 1.15. The Labute approximate surface area is 252 Å². The first kappa shape index (κ1) is 28.4. The summed E-state index contributed by atoms with van der Waals surface area (Å²) in [5.41, 5.74) is 0.894. The first-order valence-corrected chi connectivity index (χ1v) is 14.7. The topological polar surface area (TPSA) is 133 Å². The van der Waals surface area contributed by atoms with Crippen molar-refractivity contribution in [3.63, 3.8) is 0 Å². The maximum absolute atomic E-state index is 13.5. The normalized spacial score (nSPS) is 18.3. The smallest absolute Gasteiger partial charge is 0.410 e. The molecule has 11 nitrogen and oxygen atoms in total. The highest BCUT2D eigenvalue weighted by Crippen LogP contribution is 2.46. The van der Waals surface area contributed by atoms with E-state index in [1.54, 1.807) is 57.3 Å². The Kier molecular flexibility index (Phi) is 7.40. The molecule has 2 aromatic heterocycles. The summed E-state index contributed by atoms with van der Waals surface area (Å²) in [6.45, 7) is 5.75. The quantitative estimate of drug-likeness (QED) is 0.260. The van der Waals surface area contributed by atoms with Crippen LogP contribution in [0.15, 0.2) is 66.9 Å². The number of carbonyl (C=O) groups excluding carboxylic acids is 3. The van der Waals surface area contributed by atoms with Gasteiger partial charge in [0.1, 0.15) is 26.8 Å². The number of pyridine rings is 1. The molecule has 0 spiro atoms. The van der Waals surface area contributed by atoms with Crippen LogP contribution >= 0.6 is 11.3 Å². The second-order valence-electron chi connectivity index (χ2n) is 11.4. The van der Waals surface area contributed by atoms with Gasteiger partial charge in [0.05, 0.1) is 34.6 Å². The fourth-order valence-electron chi connectivity index (χ4n) is 5.10. The molecule has 2 aliphatic rings. The molecule has 2 aromatic carbocycles. The van der Waals surface area contributed by atoms with Gasteiger partial charge in [0.25, 0.3) is 5.91 Å². The number of urea groups is 1. The van der Waals surface area contributed by atoms with Crippen molar-refractivity contribution in [1.82, 2.24) is 15.2 Å². The van der Waals surface area contributed by atoms with E-state index in [-0.39, 0.29) is 17.8 Å². The molecular formula is C31H31N5O6S. The lowest BCUT2D eigenvalue weighted by atomic mass is 10.0. The third-order valence-electron chi connectivity index (χ3n) is 7.07. The Morgan fingerprint density at radius 2 is 1.79 bits per heavy atom. The first-order valence-electron chi connectivity index (χ1n) is 13.9. The molecule has 0 saturated carbocycles. The molecule has 2 aliphatic heterocycles. The predicted octanol–water partition coefficient (Wildman–Crippen LogP) is 5.87. The zero-order valence-corrected chi connectivity index (χ0v) is 24.7. The molecule has 12 heteroatoms. The predicted molar refractivity (Wildman–Crippen MR) is 163 cm³/mol. The Hall–Kier alpha value is -4.68. The number of para-hydroxylation sites is 1. The number of amides is 4. The summed E-state index contributed by atoms with van der Waals surface area (Å²) in [6.07, 6.45) is 0.537. The molecule has 2 unspecified atom stereocenters. The number of ether oxygens (including phenoxy) is 2. The third-order valence-corrected chi connectivity index (χ3v) is 8.17. The van der Waals surface area contributed by atoms with Gasteiger partial charge in [-0.25, -0.2) is 14.6 Å². The minimum Gasteiger partial charge on any atom is -0.457 e. The molecule has 4 amide bonds. The Bertz CT molecular complexity index is 1680. The highest BCUT2D eigenvalue weighted by molar-refractivity contribution is 7.21. The van der Waals surface area contributed by atoms with Gasteiger partial charge in [0.2, 0.25) is 0 Å². The van der Waals surface area contributed by atoms with Gasteiger partial charge < -0.3 is 30.1 Å². The van der Waals surface area contributed by atoms with Crippen LogP contribution < -0.4 is 20.3 Å². The van der Waals surface area contributed by atoms with Crippen LogP contribution in [0.4, 0.5) is 26.7 Å². The van der Waals surface area contributed by atoms with E-state index in [2.05, 4.69) is 15.6 Å². The van der Waals surface area contributed by atoms with Crippen molar-refractivity contribution in [1.29, 1.82) is 0 Å². The highest BCUT2D eigenvalue weighted by Gasteiger charge is 2.36. The van der Waals surface area contributed by atoms with Gasteiger partial charge in [-0.2, -0.15) is 0 Å². The van der Waals surface area contributed by atoms with E-state index < -0.39 is 35.8 Å². The monoisotopic (exact) mass is 601 g/mol. The van der Waals surface area contributed by atoms with Crippen LogP contribution in [0.25, 0.3) is 10.2 Å². The molecule has 222 valence electrons. The summed E-state index contributed by atoms with van der Waals surface area (Å²) in [7, 11) is 0. The number of likely N-dealkylation sites (tertiary alicyclic amines) is 1. The molecule has 6 rings (SSSR count). The molecule has 4 aromatic rings. The Balaban J connectivity index is 1.24. The SMILES string of the molecule is CC(C)(C)OC(=O)N1CCC(O)C(NC(=O)c2sc3nccc4c3c2NC(=O)N4c2ccc(Oc3ccccc3)cc2)C1. The number of hydrogen-bond donors (Lipinski definition) is 3. The lowest BCUT2D eigenvalue weighted by Gasteiger charge is -2.37. The molecule has 0 aliphatic carbocycles. The van der Waals surface area contributed by atoms with Gasteiger partial charge in [-0.15, -0.1) is 11.3 Å². The van der Waals surface area contributed by atoms with Crippen molar-refractivity contribution in [2.45, 2.75) is 44.9 Å². The number of benzene rings is 2. The molecule has 2 atom stereocenters. The number of nitrogens with one attached hydrogen (secondary N) is 2. The van der Waals surface area contributed by atoms with Crippen molar-refractivity contribution in [3.8, 4) is 11.5 Å². The van der Waals surface area contributed by atoms with Crippen molar-refractivity contribution >= 4 is 56.6 Å². The van der Waals surface area contributed by atoms with Crippen molar-refractivity contribution in [2.75, 3.05) is 23.3 Å². The lowest BCUT2D eigenvalue weighted by molar-refractivity contribution is 0.000510. The van der Waals surface area contributed by atoms with Gasteiger partial charge in [-0.3, -0.25) is 9.69 Å². The number of anilines is 3. The third kappa shape index (κ3) is 5.84. The minimum atomic E-state index is -0.846. The molecular weight excluding hydrogens is 570 g/mol. The summed E-state index contributed by atoms with van der Waals surface area (Å²) in [5.74, 6) is 0.849. The van der Waals surface area contributed by atoms with Crippen LogP contribution in [-0.4, -0.2) is 63.9 Å². The standard InChI is InChI=1S/C31H31N5O6S/c1-31(2,3)42-30(40)35-16-14-23(37)21(17-35)33-27(38)26-25-24-22(13-15-32-28(24)43-26)36(29(39)34-25)18-9-11-20(12-10-18)41-19-7-5-4-6-8-19/h4-13,15,21,23,37H,14,16-17H2,1-3H3,(H,33,38)(H,34,39). The van der Waals surface area contributed by atoms with Crippen molar-refractivity contribution in [2.24, 2.45) is 0 Å². The van der Waals surface area contributed by atoms with Gasteiger partial charge in [-0.1, -0.05) is 18.2 Å². The van der Waals surface area contributed by atoms with E-state index >= 15 is 0 Å². The molecule has 4 heterocycles. The van der Waals surface area contributed by atoms with Crippen LogP contribution in [0.2, 0.25) is 0 Å². The molecule has 1 fully saturated rings. The Morgan fingerprint density at radius 3 is 2.51 bits per heavy atom. The molecule has 3 N–H and O–H groups in total. The summed E-state index contributed by atoms with van der Waals surface area (Å²) < 4.78 is 11.3. The first-order chi connectivity index (χ1) is 20.6. The van der Waals surface area contributed by atoms with E-state index in [4.69, 9.17) is 9.47 Å². The fourth-order valence-corrected chi connectivity index (χ4v) is 6.12. The van der Waals surface area contributed by atoms with Crippen LogP contribution in [0.3, 0.4) is 0 Å². The number of piperidine rings is 1. The number of aromatic nitrogens is 1. The average Bonchev–Trinajstić information content (AvgIpc) is 3.34. The highest BCUT2D eigenvalue weighted by atomic mass is 32.1. The van der Waals surface area contributed by atoms with Crippen LogP contribution in [0, 0.1) is 0 Å². The largest absolute Gasteiger partial charge is 0.457 e. The van der Waals surface area contributed by atoms with E-state index in [0.717, 1.165) is 11.3 Å². The van der Waals surface area contributed by atoms with Crippen molar-refractivity contribution < 1.29 is 29.0 Å². The number of hydrogen-bond acceptors (Lipinski definition) is 8. The second kappa shape index (κ2) is 11.2. The van der Waals surface area contributed by atoms with Gasteiger partial charge in [0, 0.05) is 19.3 Å². The second-order valence-corrected chi connectivity index (χ2v) is 12.4. The number of carbonyl (C=O) groups is 3. The minimum absolute atomic E-state index is 0.0929. The number of nitrogens with zero attached hydrogens (tertiary/aromatic N) is 3. The van der Waals surface area contributed by atoms with Crippen LogP contribution in [0.1, 0.15) is 36.9 Å². The number of aliphatic hydroxyl groups is 1. The number of aliphatic hydroxyl groups excluding tert-OH is 1. The molecule has 1 saturated heterocycles. The fraction of sp³-hybridized carbons (Fsp3) is 0.290. The summed E-state index contributed by atoms with van der Waals surface area (Å²) in [4.78, 5) is 47.9. The zero-order valence-electron chi connectivity index (χ0n) is 23.9.